The van der Waals surface area contributed by atoms with Gasteiger partial charge in [0.05, 0.1) is 21.8 Å². The second-order valence-electron chi connectivity index (χ2n) is 4.98. The number of nitrogens with one attached hydrogen (secondary N) is 1. The van der Waals surface area contributed by atoms with E-state index in [9.17, 15) is 0 Å². The Kier molecular flexibility index (Phi) is 5.05. The number of rotatable bonds is 5. The van der Waals surface area contributed by atoms with Gasteiger partial charge in [0, 0.05) is 18.7 Å². The largest absolute Gasteiger partial charge is 0.271 e. The van der Waals surface area contributed by atoms with Gasteiger partial charge in [0.1, 0.15) is 0 Å². The number of hydrogen-bond donors (Lipinski definition) is 2. The van der Waals surface area contributed by atoms with Gasteiger partial charge in [0.15, 0.2) is 0 Å². The van der Waals surface area contributed by atoms with Crippen molar-refractivity contribution in [3.05, 3.63) is 51.8 Å². The van der Waals surface area contributed by atoms with E-state index in [-0.39, 0.29) is 6.04 Å². The van der Waals surface area contributed by atoms with E-state index in [1.54, 1.807) is 6.07 Å². The van der Waals surface area contributed by atoms with Gasteiger partial charge in [-0.25, -0.2) is 0 Å². The Hall–Kier alpha value is -1.07. The minimum absolute atomic E-state index is 0.0553. The molecule has 20 heavy (non-hydrogen) atoms. The van der Waals surface area contributed by atoms with Crippen LogP contribution in [0.15, 0.2) is 30.5 Å². The Morgan fingerprint density at radius 3 is 2.55 bits per heavy atom. The molecule has 1 aromatic heterocycles. The van der Waals surface area contributed by atoms with Crippen LogP contribution in [0.4, 0.5) is 0 Å². The molecule has 0 spiro atoms. The van der Waals surface area contributed by atoms with Crippen molar-refractivity contribution in [2.45, 2.75) is 32.4 Å². The molecule has 0 saturated heterocycles. The molecule has 0 fully saturated rings. The third-order valence-corrected chi connectivity index (χ3v) is 3.89. The van der Waals surface area contributed by atoms with Crippen molar-refractivity contribution in [2.24, 2.45) is 5.84 Å². The first-order chi connectivity index (χ1) is 9.51. The fourth-order valence-corrected chi connectivity index (χ4v) is 2.29. The maximum absolute atomic E-state index is 6.04. The van der Waals surface area contributed by atoms with Crippen molar-refractivity contribution in [3.63, 3.8) is 0 Å². The van der Waals surface area contributed by atoms with E-state index in [0.29, 0.717) is 22.5 Å². The van der Waals surface area contributed by atoms with E-state index in [1.807, 2.05) is 29.1 Å². The Morgan fingerprint density at radius 2 is 2.00 bits per heavy atom. The van der Waals surface area contributed by atoms with Crippen LogP contribution in [-0.4, -0.2) is 9.78 Å². The van der Waals surface area contributed by atoms with E-state index < -0.39 is 0 Å². The smallest absolute Gasteiger partial charge is 0.0644 e. The number of nitrogens with two attached hydrogens (primary N) is 1. The summed E-state index contributed by atoms with van der Waals surface area (Å²) < 4.78 is 1.93. The highest BCUT2D eigenvalue weighted by atomic mass is 35.5. The van der Waals surface area contributed by atoms with Gasteiger partial charge in [-0.1, -0.05) is 29.3 Å². The van der Waals surface area contributed by atoms with Gasteiger partial charge in [-0.15, -0.1) is 0 Å². The highest BCUT2D eigenvalue weighted by Gasteiger charge is 2.14. The number of halogens is 2. The molecule has 1 unspecified atom stereocenters. The van der Waals surface area contributed by atoms with Gasteiger partial charge < -0.3 is 0 Å². The van der Waals surface area contributed by atoms with Gasteiger partial charge in [-0.2, -0.15) is 5.10 Å². The molecule has 0 bridgehead atoms. The second-order valence-corrected chi connectivity index (χ2v) is 5.79. The van der Waals surface area contributed by atoms with Crippen LogP contribution in [0.1, 0.15) is 37.2 Å². The first kappa shape index (κ1) is 15.3. The molecular weight excluding hydrogens is 295 g/mol. The number of aromatic nitrogens is 2. The average Bonchev–Trinajstić information content (AvgIpc) is 2.88. The highest BCUT2D eigenvalue weighted by Crippen LogP contribution is 2.26. The van der Waals surface area contributed by atoms with Crippen LogP contribution in [-0.2, 0) is 6.42 Å². The summed E-state index contributed by atoms with van der Waals surface area (Å²) in [7, 11) is 0. The SMILES string of the molecule is CC(C)n1ccc(CC(NN)c2ccc(Cl)c(Cl)c2)n1. The van der Waals surface area contributed by atoms with Gasteiger partial charge >= 0.3 is 0 Å². The summed E-state index contributed by atoms with van der Waals surface area (Å²) in [6.07, 6.45) is 2.66. The number of hydrogen-bond acceptors (Lipinski definition) is 3. The maximum Gasteiger partial charge on any atom is 0.0644 e. The first-order valence-corrected chi connectivity index (χ1v) is 7.22. The summed E-state index contributed by atoms with van der Waals surface area (Å²) in [6, 6.07) is 7.81. The van der Waals surface area contributed by atoms with Crippen molar-refractivity contribution in [2.75, 3.05) is 0 Å². The van der Waals surface area contributed by atoms with Crippen LogP contribution in [0, 0.1) is 0 Å². The van der Waals surface area contributed by atoms with Crippen molar-refractivity contribution in [1.82, 2.24) is 15.2 Å². The number of nitrogens with zero attached hydrogens (tertiary/aromatic N) is 2. The maximum atomic E-state index is 6.04. The van der Waals surface area contributed by atoms with Crippen LogP contribution < -0.4 is 11.3 Å². The van der Waals surface area contributed by atoms with Crippen molar-refractivity contribution in [1.29, 1.82) is 0 Å². The van der Waals surface area contributed by atoms with Crippen LogP contribution in [0.3, 0.4) is 0 Å². The molecule has 3 N–H and O–H groups in total. The Morgan fingerprint density at radius 1 is 1.25 bits per heavy atom. The van der Waals surface area contributed by atoms with E-state index in [1.165, 1.54) is 0 Å². The standard InChI is InChI=1S/C14H18Cl2N4/c1-9(2)20-6-5-11(19-20)8-14(18-17)10-3-4-12(15)13(16)7-10/h3-7,9,14,18H,8,17H2,1-2H3. The van der Waals surface area contributed by atoms with E-state index in [0.717, 1.165) is 11.3 Å². The lowest BCUT2D eigenvalue weighted by molar-refractivity contribution is 0.507. The molecule has 0 aliphatic carbocycles. The molecule has 0 aliphatic rings. The molecule has 2 aromatic rings. The minimum Gasteiger partial charge on any atom is -0.271 e. The average molecular weight is 313 g/mol. The fraction of sp³-hybridized carbons (Fsp3) is 0.357. The highest BCUT2D eigenvalue weighted by molar-refractivity contribution is 6.42. The van der Waals surface area contributed by atoms with Gasteiger partial charge in [-0.3, -0.25) is 16.0 Å². The predicted octanol–water partition coefficient (Wildman–Crippen LogP) is 3.52. The topological polar surface area (TPSA) is 55.9 Å². The Labute approximate surface area is 128 Å². The summed E-state index contributed by atoms with van der Waals surface area (Å²) in [5, 5.41) is 5.59. The molecular formula is C14H18Cl2N4. The molecule has 1 atom stereocenters. The summed E-state index contributed by atoms with van der Waals surface area (Å²) in [6.45, 7) is 4.18. The van der Waals surface area contributed by atoms with E-state index >= 15 is 0 Å². The molecule has 2 rings (SSSR count). The summed E-state index contributed by atoms with van der Waals surface area (Å²) in [5.74, 6) is 5.65. The van der Waals surface area contributed by atoms with Crippen molar-refractivity contribution < 1.29 is 0 Å². The lowest BCUT2D eigenvalue weighted by atomic mass is 10.0. The third kappa shape index (κ3) is 3.52. The number of hydrazine groups is 1. The minimum atomic E-state index is -0.0553. The van der Waals surface area contributed by atoms with E-state index in [2.05, 4.69) is 24.4 Å². The predicted molar refractivity (Wildman–Crippen MR) is 82.8 cm³/mol. The fourth-order valence-electron chi connectivity index (χ4n) is 1.99. The normalized spacial score (nSPS) is 12.9. The lowest BCUT2D eigenvalue weighted by Crippen LogP contribution is -2.29. The molecule has 0 radical (unpaired) electrons. The molecule has 6 heteroatoms. The molecule has 0 amide bonds. The monoisotopic (exact) mass is 312 g/mol. The van der Waals surface area contributed by atoms with Crippen LogP contribution >= 0.6 is 23.2 Å². The van der Waals surface area contributed by atoms with Crippen molar-refractivity contribution >= 4 is 23.2 Å². The lowest BCUT2D eigenvalue weighted by Gasteiger charge is -2.16. The zero-order chi connectivity index (χ0) is 14.7. The molecule has 0 aliphatic heterocycles. The summed E-state index contributed by atoms with van der Waals surface area (Å²) >= 11 is 12.0. The quantitative estimate of drug-likeness (QED) is 0.656. The van der Waals surface area contributed by atoms with Crippen molar-refractivity contribution in [3.8, 4) is 0 Å². The summed E-state index contributed by atoms with van der Waals surface area (Å²) in [5.41, 5.74) is 4.77. The molecule has 1 aromatic carbocycles. The van der Waals surface area contributed by atoms with Crippen LogP contribution in [0.2, 0.25) is 10.0 Å². The second kappa shape index (κ2) is 6.59. The van der Waals surface area contributed by atoms with Crippen LogP contribution in [0.25, 0.3) is 0 Å². The van der Waals surface area contributed by atoms with Gasteiger partial charge in [0.2, 0.25) is 0 Å². The van der Waals surface area contributed by atoms with Crippen LogP contribution in [0.5, 0.6) is 0 Å². The van der Waals surface area contributed by atoms with Gasteiger partial charge in [-0.05, 0) is 37.6 Å². The van der Waals surface area contributed by atoms with E-state index in [4.69, 9.17) is 29.0 Å². The molecule has 108 valence electrons. The Balaban J connectivity index is 2.17. The third-order valence-electron chi connectivity index (χ3n) is 3.15. The number of benzene rings is 1. The first-order valence-electron chi connectivity index (χ1n) is 6.46. The van der Waals surface area contributed by atoms with Gasteiger partial charge in [0.25, 0.3) is 0 Å². The molecule has 4 nitrogen and oxygen atoms in total. The zero-order valence-electron chi connectivity index (χ0n) is 11.5. The molecule has 0 saturated carbocycles. The Bertz CT molecular complexity index is 580. The molecule has 1 heterocycles. The summed E-state index contributed by atoms with van der Waals surface area (Å²) in [4.78, 5) is 0. The zero-order valence-corrected chi connectivity index (χ0v) is 13.0.